The smallest absolute Gasteiger partial charge is 0.328 e. The van der Waals surface area contributed by atoms with Crippen molar-refractivity contribution in [1.29, 1.82) is 0 Å². The summed E-state index contributed by atoms with van der Waals surface area (Å²) >= 11 is 0. The maximum absolute atomic E-state index is 12.8. The van der Waals surface area contributed by atoms with Crippen LogP contribution in [0, 0.1) is 0 Å². The molecule has 0 fully saturated rings. The lowest BCUT2D eigenvalue weighted by molar-refractivity contribution is -0.146. The molecule has 0 saturated carbocycles. The van der Waals surface area contributed by atoms with Crippen molar-refractivity contribution in [2.75, 3.05) is 14.2 Å². The molecule has 436 valence electrons. The topological polar surface area (TPSA) is 443 Å². The van der Waals surface area contributed by atoms with E-state index in [0.29, 0.717) is 6.42 Å². The van der Waals surface area contributed by atoms with E-state index in [-0.39, 0.29) is 19.3 Å². The number of hydrogen-bond acceptors (Lipinski definition) is 16. The number of esters is 2. The fraction of sp³-hybridized carbons (Fsp3) is 0.714. The Morgan fingerprint density at radius 3 is 0.779 bits per heavy atom. The molecule has 77 heavy (non-hydrogen) atoms. The summed E-state index contributed by atoms with van der Waals surface area (Å²) in [5.74, 6) is -15.3. The van der Waals surface area contributed by atoms with Crippen molar-refractivity contribution >= 4 is 83.1 Å². The van der Waals surface area contributed by atoms with E-state index in [1.807, 2.05) is 0 Å². The van der Waals surface area contributed by atoms with E-state index >= 15 is 0 Å². The van der Waals surface area contributed by atoms with Gasteiger partial charge in [-0.25, -0.2) is 28.8 Å². The lowest BCUT2D eigenvalue weighted by Gasteiger charge is -2.20. The number of carbonyl (C=O) groups is 14. The minimum atomic E-state index is -1.72. The number of unbranched alkanes of at least 4 members (excludes halogenated alkanes) is 10. The molecule has 0 spiro atoms. The van der Waals surface area contributed by atoms with Crippen LogP contribution in [0.4, 0.5) is 0 Å². The van der Waals surface area contributed by atoms with Crippen LogP contribution in [-0.4, -0.2) is 165 Å². The van der Waals surface area contributed by atoms with Gasteiger partial charge in [0.2, 0.25) is 41.4 Å². The van der Waals surface area contributed by atoms with Crippen LogP contribution in [0.2, 0.25) is 0 Å². The van der Waals surface area contributed by atoms with Crippen LogP contribution in [0.3, 0.4) is 0 Å². The maximum Gasteiger partial charge on any atom is 0.328 e. The number of hydrogen-bond donors (Lipinski definition) is 12. The predicted molar refractivity (Wildman–Crippen MR) is 268 cm³/mol. The summed E-state index contributed by atoms with van der Waals surface area (Å²) in [4.78, 5) is 171. The fourth-order valence-corrected chi connectivity index (χ4v) is 7.39. The number of carboxylic acid groups (broad SMARTS) is 5. The van der Waals surface area contributed by atoms with E-state index in [1.165, 1.54) is 45.4 Å². The lowest BCUT2D eigenvalue weighted by atomic mass is 10.0. The number of carbonyl (C=O) groups excluding carboxylic acids is 9. The predicted octanol–water partition coefficient (Wildman–Crippen LogP) is 0.551. The molecule has 12 N–H and O–H groups in total. The summed E-state index contributed by atoms with van der Waals surface area (Å²) in [6, 6.07) is -10.6. The first-order valence-electron chi connectivity index (χ1n) is 25.7. The van der Waals surface area contributed by atoms with Crippen molar-refractivity contribution in [3.63, 3.8) is 0 Å². The average molecular weight is 1100 g/mol. The van der Waals surface area contributed by atoms with E-state index < -0.39 is 190 Å². The number of methoxy groups -OCH3 is 2. The Morgan fingerprint density at radius 2 is 0.532 bits per heavy atom. The van der Waals surface area contributed by atoms with Gasteiger partial charge in [-0.1, -0.05) is 71.1 Å². The van der Waals surface area contributed by atoms with Crippen LogP contribution < -0.4 is 37.2 Å². The second-order valence-corrected chi connectivity index (χ2v) is 18.3. The summed E-state index contributed by atoms with van der Waals surface area (Å²) in [6.07, 6.45) is 5.85. The molecule has 0 saturated heterocycles. The zero-order valence-corrected chi connectivity index (χ0v) is 44.3. The third kappa shape index (κ3) is 33.3. The van der Waals surface area contributed by atoms with E-state index in [1.54, 1.807) is 0 Å². The summed E-state index contributed by atoms with van der Waals surface area (Å²) in [6.45, 7) is 3.38. The van der Waals surface area contributed by atoms with Gasteiger partial charge in [-0.05, 0) is 51.9 Å². The number of rotatable bonds is 44. The highest BCUT2D eigenvalue weighted by Gasteiger charge is 2.30. The molecule has 7 amide bonds. The standard InChI is InChI=1S/C49H79N7O21/c1-5-6-7-8-9-10-11-12-13-14-15-16-36(57)51-30(44(66)67)17-23-38(59)52-32(46(70)71)20-26-42(63)56-35(49(75)77-4)22-28-40(61)54-31(45(68)69)18-24-39(60)53-33(47(72)73)19-25-41(62)55-34(48(74)76-3)21-27-37(58)50-29(2)43(64)65/h29-35H,5-28H2,1-4H3,(H,50,58)(H,51,57)(H,52,59)(H,53,60)(H,54,61)(H,55,62)(H,56,63)(H,64,65)(H,66,67)(H,68,69)(H,70,71)(H,72,73). The SMILES string of the molecule is CCCCCCCCCCCCCC(=O)NC(CCC(=O)NC(CCC(=O)NC(CCC(=O)NC(CCC(=O)NC(CCC(=O)NC(CCC(=O)NC(C)C(=O)O)C(=O)OC)C(=O)O)C(=O)O)C(=O)OC)C(=O)O)C(=O)O. The third-order valence-corrected chi connectivity index (χ3v) is 11.9. The van der Waals surface area contributed by atoms with Gasteiger partial charge in [0.25, 0.3) is 0 Å². The molecular weight excluding hydrogens is 1020 g/mol. The molecule has 0 aliphatic heterocycles. The maximum atomic E-state index is 12.8. The van der Waals surface area contributed by atoms with E-state index in [0.717, 1.165) is 39.9 Å². The zero-order valence-electron chi connectivity index (χ0n) is 44.3. The molecule has 28 nitrogen and oxygen atoms in total. The van der Waals surface area contributed by atoms with Gasteiger partial charge in [0.15, 0.2) is 0 Å². The fourth-order valence-electron chi connectivity index (χ4n) is 7.39. The first kappa shape index (κ1) is 69.6. The first-order valence-corrected chi connectivity index (χ1v) is 25.7. The molecule has 7 unspecified atom stereocenters. The van der Waals surface area contributed by atoms with Gasteiger partial charge in [0.05, 0.1) is 14.2 Å². The van der Waals surface area contributed by atoms with Crippen molar-refractivity contribution in [1.82, 2.24) is 37.2 Å². The van der Waals surface area contributed by atoms with Crippen LogP contribution in [-0.2, 0) is 76.6 Å². The van der Waals surface area contributed by atoms with Gasteiger partial charge in [-0.3, -0.25) is 38.4 Å². The van der Waals surface area contributed by atoms with Gasteiger partial charge >= 0.3 is 41.8 Å². The summed E-state index contributed by atoms with van der Waals surface area (Å²) < 4.78 is 9.29. The first-order chi connectivity index (χ1) is 36.3. The van der Waals surface area contributed by atoms with Crippen molar-refractivity contribution in [2.45, 2.75) is 210 Å². The molecule has 0 aromatic rings. The summed E-state index contributed by atoms with van der Waals surface area (Å²) in [5, 5.41) is 63.2. The van der Waals surface area contributed by atoms with Crippen LogP contribution in [0.1, 0.15) is 168 Å². The largest absolute Gasteiger partial charge is 0.480 e. The molecule has 28 heteroatoms. The monoisotopic (exact) mass is 1100 g/mol. The Bertz CT molecular complexity index is 2000. The van der Waals surface area contributed by atoms with Gasteiger partial charge in [0.1, 0.15) is 42.3 Å². The molecule has 0 heterocycles. The van der Waals surface area contributed by atoms with Gasteiger partial charge in [-0.2, -0.15) is 0 Å². The zero-order chi connectivity index (χ0) is 58.5. The second-order valence-electron chi connectivity index (χ2n) is 18.3. The highest BCUT2D eigenvalue weighted by atomic mass is 16.5. The number of amides is 7. The number of nitrogens with one attached hydrogen (secondary N) is 7. The lowest BCUT2D eigenvalue weighted by Crippen LogP contribution is -2.46. The Morgan fingerprint density at radius 1 is 0.312 bits per heavy atom. The molecule has 0 radical (unpaired) electrons. The van der Waals surface area contributed by atoms with Gasteiger partial charge in [-0.15, -0.1) is 0 Å². The molecule has 0 aliphatic rings. The number of aliphatic carboxylic acids is 5. The van der Waals surface area contributed by atoms with Crippen molar-refractivity contribution in [3.05, 3.63) is 0 Å². The Labute approximate surface area is 446 Å². The van der Waals surface area contributed by atoms with E-state index in [2.05, 4.69) is 53.6 Å². The Kier molecular flexibility index (Phi) is 36.1. The minimum absolute atomic E-state index is 0.0997. The molecule has 7 atom stereocenters. The number of ether oxygens (including phenoxy) is 2. The van der Waals surface area contributed by atoms with Crippen LogP contribution in [0.25, 0.3) is 0 Å². The second kappa shape index (κ2) is 39.9. The molecular formula is C49H79N7O21. The quantitative estimate of drug-likeness (QED) is 0.0293. The minimum Gasteiger partial charge on any atom is -0.480 e. The van der Waals surface area contributed by atoms with Crippen molar-refractivity contribution < 1.29 is 102 Å². The van der Waals surface area contributed by atoms with Gasteiger partial charge in [0, 0.05) is 44.9 Å². The molecule has 0 aromatic heterocycles. The third-order valence-electron chi connectivity index (χ3n) is 11.9. The number of carboxylic acids is 5. The van der Waals surface area contributed by atoms with E-state index in [9.17, 15) is 87.5 Å². The van der Waals surface area contributed by atoms with Crippen LogP contribution in [0.15, 0.2) is 0 Å². The van der Waals surface area contributed by atoms with E-state index in [4.69, 9.17) is 5.11 Å². The average Bonchev–Trinajstić information content (AvgIpc) is 3.37. The molecule has 0 aromatic carbocycles. The van der Waals surface area contributed by atoms with Crippen molar-refractivity contribution in [3.8, 4) is 0 Å². The Balaban J connectivity index is 5.12. The van der Waals surface area contributed by atoms with Crippen LogP contribution in [0.5, 0.6) is 0 Å². The summed E-state index contributed by atoms with van der Waals surface area (Å²) in [7, 11) is 1.97. The molecule has 0 aliphatic carbocycles. The summed E-state index contributed by atoms with van der Waals surface area (Å²) in [5.41, 5.74) is 0. The normalized spacial score (nSPS) is 13.5. The Hall–Kier alpha value is -7.42. The van der Waals surface area contributed by atoms with Crippen molar-refractivity contribution in [2.24, 2.45) is 0 Å². The highest BCUT2D eigenvalue weighted by molar-refractivity contribution is 5.90. The van der Waals surface area contributed by atoms with Gasteiger partial charge < -0.3 is 72.2 Å². The van der Waals surface area contributed by atoms with Crippen LogP contribution >= 0.6 is 0 Å². The highest BCUT2D eigenvalue weighted by Crippen LogP contribution is 2.13. The molecule has 0 bridgehead atoms. The molecule has 0 rings (SSSR count).